The molecule has 9 heteroatoms. The predicted molar refractivity (Wildman–Crippen MR) is 89.2 cm³/mol. The summed E-state index contributed by atoms with van der Waals surface area (Å²) in [5.41, 5.74) is 0.897. The zero-order valence-corrected chi connectivity index (χ0v) is 15.5. The molecule has 2 heterocycles. The molecule has 0 spiro atoms. The number of rotatable bonds is 6. The lowest BCUT2D eigenvalue weighted by molar-refractivity contribution is -0.122. The normalized spacial score (nSPS) is 17.7. The largest absolute Gasteiger partial charge is 0.379 e. The molecule has 1 saturated heterocycles. The predicted octanol–water partition coefficient (Wildman–Crippen LogP) is 0.436. The van der Waals surface area contributed by atoms with Crippen LogP contribution in [0, 0.1) is 13.8 Å². The van der Waals surface area contributed by atoms with E-state index in [2.05, 4.69) is 10.4 Å². The first-order valence-corrected chi connectivity index (χ1v) is 9.62. The lowest BCUT2D eigenvalue weighted by atomic mass is 10.2. The van der Waals surface area contributed by atoms with Gasteiger partial charge in [0.2, 0.25) is 15.9 Å². The fraction of sp³-hybridized carbons (Fsp3) is 0.733. The molecule has 136 valence electrons. The second kappa shape index (κ2) is 7.62. The van der Waals surface area contributed by atoms with Gasteiger partial charge in [-0.25, -0.2) is 8.42 Å². The fourth-order valence-electron chi connectivity index (χ4n) is 2.68. The number of amides is 1. The Morgan fingerprint density at radius 2 is 1.96 bits per heavy atom. The van der Waals surface area contributed by atoms with Gasteiger partial charge in [0.25, 0.3) is 0 Å². The summed E-state index contributed by atoms with van der Waals surface area (Å²) in [6.07, 6.45) is 0.833. The Morgan fingerprint density at radius 3 is 2.54 bits per heavy atom. The van der Waals surface area contributed by atoms with Crippen molar-refractivity contribution in [3.05, 3.63) is 11.4 Å². The standard InChI is InChI=1S/C15H26N4O4S/c1-5-11(2)16-14(20)10-19-13(4)15(12(3)17-19)24(21,22)18-6-8-23-9-7-18/h11H,5-10H2,1-4H3,(H,16,20). The third kappa shape index (κ3) is 3.96. The fourth-order valence-corrected chi connectivity index (χ4v) is 4.46. The van der Waals surface area contributed by atoms with Gasteiger partial charge in [-0.3, -0.25) is 9.48 Å². The smallest absolute Gasteiger partial charge is 0.246 e. The van der Waals surface area contributed by atoms with Crippen LogP contribution in [0.1, 0.15) is 31.7 Å². The van der Waals surface area contributed by atoms with E-state index in [4.69, 9.17) is 4.74 Å². The molecule has 24 heavy (non-hydrogen) atoms. The van der Waals surface area contributed by atoms with Crippen molar-refractivity contribution in [2.45, 2.75) is 51.6 Å². The van der Waals surface area contributed by atoms with Crippen LogP contribution >= 0.6 is 0 Å². The highest BCUT2D eigenvalue weighted by Gasteiger charge is 2.32. The van der Waals surface area contributed by atoms with E-state index in [0.29, 0.717) is 37.7 Å². The average Bonchev–Trinajstić information content (AvgIpc) is 2.82. The van der Waals surface area contributed by atoms with Crippen molar-refractivity contribution in [3.8, 4) is 0 Å². The van der Waals surface area contributed by atoms with Crippen LogP contribution in [0.5, 0.6) is 0 Å². The van der Waals surface area contributed by atoms with E-state index >= 15 is 0 Å². The number of carbonyl (C=O) groups is 1. The molecule has 1 fully saturated rings. The topological polar surface area (TPSA) is 93.5 Å². The number of sulfonamides is 1. The molecule has 1 aromatic rings. The van der Waals surface area contributed by atoms with Gasteiger partial charge >= 0.3 is 0 Å². The van der Waals surface area contributed by atoms with Gasteiger partial charge in [-0.2, -0.15) is 9.40 Å². The van der Waals surface area contributed by atoms with Gasteiger partial charge < -0.3 is 10.1 Å². The second-order valence-electron chi connectivity index (χ2n) is 6.05. The van der Waals surface area contributed by atoms with Gasteiger partial charge in [0, 0.05) is 19.1 Å². The Bertz CT molecular complexity index is 693. The highest BCUT2D eigenvalue weighted by Crippen LogP contribution is 2.24. The molecule has 0 saturated carbocycles. The number of hydrogen-bond acceptors (Lipinski definition) is 5. The van der Waals surface area contributed by atoms with Crippen LogP contribution in [0.3, 0.4) is 0 Å². The quantitative estimate of drug-likeness (QED) is 0.796. The zero-order chi connectivity index (χ0) is 17.9. The molecule has 2 rings (SSSR count). The first kappa shape index (κ1) is 18.9. The number of carbonyl (C=O) groups excluding carboxylic acids is 1. The Kier molecular flexibility index (Phi) is 6.00. The summed E-state index contributed by atoms with van der Waals surface area (Å²) < 4.78 is 33.8. The Labute approximate surface area is 143 Å². The molecule has 0 aromatic carbocycles. The van der Waals surface area contributed by atoms with Gasteiger partial charge in [0.05, 0.1) is 24.6 Å². The van der Waals surface area contributed by atoms with E-state index in [1.807, 2.05) is 13.8 Å². The molecule has 1 atom stereocenters. The molecule has 1 aromatic heterocycles. The third-order valence-electron chi connectivity index (χ3n) is 4.20. The summed E-state index contributed by atoms with van der Waals surface area (Å²) >= 11 is 0. The van der Waals surface area contributed by atoms with Crippen LogP contribution in [0.15, 0.2) is 4.90 Å². The minimum Gasteiger partial charge on any atom is -0.379 e. The van der Waals surface area contributed by atoms with Crippen molar-refractivity contribution < 1.29 is 17.9 Å². The molecule has 8 nitrogen and oxygen atoms in total. The van der Waals surface area contributed by atoms with Crippen molar-refractivity contribution in [1.82, 2.24) is 19.4 Å². The number of morpholine rings is 1. The summed E-state index contributed by atoms with van der Waals surface area (Å²) in [6, 6.07) is 0.0750. The maximum Gasteiger partial charge on any atom is 0.246 e. The first-order valence-electron chi connectivity index (χ1n) is 8.18. The molecule has 0 radical (unpaired) electrons. The number of nitrogens with zero attached hydrogens (tertiary/aromatic N) is 3. The number of aromatic nitrogens is 2. The van der Waals surface area contributed by atoms with E-state index in [1.54, 1.807) is 13.8 Å². The average molecular weight is 358 g/mol. The van der Waals surface area contributed by atoms with E-state index in [9.17, 15) is 13.2 Å². The maximum absolute atomic E-state index is 12.9. The summed E-state index contributed by atoms with van der Waals surface area (Å²) in [7, 11) is -3.63. The monoisotopic (exact) mass is 358 g/mol. The molecule has 1 aliphatic rings. The molecular formula is C15H26N4O4S. The second-order valence-corrected chi connectivity index (χ2v) is 7.93. The highest BCUT2D eigenvalue weighted by atomic mass is 32.2. The lowest BCUT2D eigenvalue weighted by Gasteiger charge is -2.26. The van der Waals surface area contributed by atoms with Crippen molar-refractivity contribution in [3.63, 3.8) is 0 Å². The minimum absolute atomic E-state index is 0.00957. The van der Waals surface area contributed by atoms with Crippen LogP contribution < -0.4 is 5.32 Å². The molecule has 1 amide bonds. The maximum atomic E-state index is 12.9. The highest BCUT2D eigenvalue weighted by molar-refractivity contribution is 7.89. The SMILES string of the molecule is CCC(C)NC(=O)Cn1nc(C)c(S(=O)(=O)N2CCOCC2)c1C. The molecule has 1 N–H and O–H groups in total. The summed E-state index contributed by atoms with van der Waals surface area (Å²) in [5.74, 6) is -0.176. The Morgan fingerprint density at radius 1 is 1.33 bits per heavy atom. The summed E-state index contributed by atoms with van der Waals surface area (Å²) in [5, 5.41) is 7.12. The van der Waals surface area contributed by atoms with Crippen molar-refractivity contribution in [2.24, 2.45) is 0 Å². The molecule has 0 bridgehead atoms. The van der Waals surface area contributed by atoms with Crippen LogP contribution in [-0.4, -0.2) is 60.8 Å². The lowest BCUT2D eigenvalue weighted by Crippen LogP contribution is -2.41. The van der Waals surface area contributed by atoms with Crippen LogP contribution in [0.25, 0.3) is 0 Å². The van der Waals surface area contributed by atoms with Crippen LogP contribution in [0.4, 0.5) is 0 Å². The van der Waals surface area contributed by atoms with Gasteiger partial charge in [-0.1, -0.05) is 6.92 Å². The van der Waals surface area contributed by atoms with Crippen molar-refractivity contribution >= 4 is 15.9 Å². The van der Waals surface area contributed by atoms with E-state index in [0.717, 1.165) is 6.42 Å². The van der Waals surface area contributed by atoms with Crippen molar-refractivity contribution in [2.75, 3.05) is 26.3 Å². The molecule has 0 aliphatic carbocycles. The van der Waals surface area contributed by atoms with E-state index in [-0.39, 0.29) is 23.4 Å². The number of hydrogen-bond donors (Lipinski definition) is 1. The first-order chi connectivity index (χ1) is 11.3. The van der Waals surface area contributed by atoms with Crippen LogP contribution in [0.2, 0.25) is 0 Å². The summed E-state index contributed by atoms with van der Waals surface area (Å²) in [4.78, 5) is 12.3. The van der Waals surface area contributed by atoms with Gasteiger partial charge in [0.1, 0.15) is 11.4 Å². The van der Waals surface area contributed by atoms with Crippen LogP contribution in [-0.2, 0) is 26.1 Å². The Balaban J connectivity index is 2.24. The molecular weight excluding hydrogens is 332 g/mol. The van der Waals surface area contributed by atoms with Gasteiger partial charge in [-0.15, -0.1) is 0 Å². The molecule has 1 unspecified atom stereocenters. The number of ether oxygens (including phenoxy) is 1. The van der Waals surface area contributed by atoms with E-state index in [1.165, 1.54) is 8.99 Å². The van der Waals surface area contributed by atoms with Crippen molar-refractivity contribution in [1.29, 1.82) is 0 Å². The minimum atomic E-state index is -3.63. The zero-order valence-electron chi connectivity index (χ0n) is 14.7. The summed E-state index contributed by atoms with van der Waals surface area (Å²) in [6.45, 7) is 8.71. The van der Waals surface area contributed by atoms with Gasteiger partial charge in [-0.05, 0) is 27.2 Å². The number of nitrogens with one attached hydrogen (secondary N) is 1. The Hall–Kier alpha value is -1.45. The third-order valence-corrected chi connectivity index (χ3v) is 6.35. The van der Waals surface area contributed by atoms with E-state index < -0.39 is 10.0 Å². The number of aryl methyl sites for hydroxylation is 1. The molecule has 1 aliphatic heterocycles. The van der Waals surface area contributed by atoms with Gasteiger partial charge in [0.15, 0.2) is 0 Å².